The molecule has 1 amide bonds. The number of rotatable bonds is 5. The van der Waals surface area contributed by atoms with Crippen molar-refractivity contribution in [3.63, 3.8) is 0 Å². The van der Waals surface area contributed by atoms with E-state index in [-0.39, 0.29) is 33.8 Å². The smallest absolute Gasteiger partial charge is 0.343 e. The third-order valence-corrected chi connectivity index (χ3v) is 5.28. The zero-order valence-electron chi connectivity index (χ0n) is 16.3. The van der Waals surface area contributed by atoms with Crippen LogP contribution in [-0.4, -0.2) is 21.4 Å². The fraction of sp³-hybridized carbons (Fsp3) is 0.450. The Kier molecular flexibility index (Phi) is 5.80. The van der Waals surface area contributed by atoms with Gasteiger partial charge in [-0.05, 0) is 47.7 Å². The number of hydrogen-bond donors (Lipinski definition) is 2. The summed E-state index contributed by atoms with van der Waals surface area (Å²) in [7, 11) is 0. The summed E-state index contributed by atoms with van der Waals surface area (Å²) in [6.45, 7) is 5.74. The number of H-pyrrole nitrogens is 1. The van der Waals surface area contributed by atoms with Crippen molar-refractivity contribution in [2.45, 2.75) is 56.0 Å². The average Bonchev–Trinajstić information content (AvgIpc) is 3.42. The highest BCUT2D eigenvalue weighted by Crippen LogP contribution is 2.39. The summed E-state index contributed by atoms with van der Waals surface area (Å²) in [5.74, 6) is 0.211. The lowest BCUT2D eigenvalue weighted by atomic mass is 9.82. The molecular weight excluding hydrogens is 403 g/mol. The first-order valence-corrected chi connectivity index (χ1v) is 10.0. The van der Waals surface area contributed by atoms with Gasteiger partial charge >= 0.3 is 5.51 Å². The van der Waals surface area contributed by atoms with Crippen LogP contribution in [0.25, 0.3) is 0 Å². The van der Waals surface area contributed by atoms with Gasteiger partial charge in [-0.15, -0.1) is 0 Å². The molecular formula is C20H22F3N3O2S. The predicted octanol–water partition coefficient (Wildman–Crippen LogP) is 4.78. The summed E-state index contributed by atoms with van der Waals surface area (Å²) in [6, 6.07) is 6.59. The SMILES string of the molecule is CC(C)(C)C(NC(=O)c1cc(=O)[nH]c(C2CC2)n1)c1ccc(SC(F)(F)F)cc1. The van der Waals surface area contributed by atoms with Crippen molar-refractivity contribution in [2.75, 3.05) is 0 Å². The zero-order chi connectivity index (χ0) is 21.4. The molecule has 0 aliphatic heterocycles. The number of alkyl halides is 3. The molecule has 1 fully saturated rings. The van der Waals surface area contributed by atoms with E-state index in [2.05, 4.69) is 15.3 Å². The Morgan fingerprint density at radius 2 is 1.83 bits per heavy atom. The zero-order valence-corrected chi connectivity index (χ0v) is 17.1. The molecule has 2 aromatic rings. The molecule has 1 saturated carbocycles. The maximum Gasteiger partial charge on any atom is 0.446 e. The van der Waals surface area contributed by atoms with E-state index < -0.39 is 22.9 Å². The highest BCUT2D eigenvalue weighted by atomic mass is 32.2. The number of thioether (sulfide) groups is 1. The molecule has 0 spiro atoms. The number of carbonyl (C=O) groups excluding carboxylic acids is 1. The lowest BCUT2D eigenvalue weighted by Gasteiger charge is -2.32. The second-order valence-corrected chi connectivity index (χ2v) is 9.32. The third kappa shape index (κ3) is 5.85. The number of hydrogen-bond acceptors (Lipinski definition) is 4. The Balaban J connectivity index is 1.83. The fourth-order valence-corrected chi connectivity index (χ4v) is 3.55. The maximum atomic E-state index is 12.8. The van der Waals surface area contributed by atoms with Crippen LogP contribution < -0.4 is 10.9 Å². The number of aromatic nitrogens is 2. The van der Waals surface area contributed by atoms with Gasteiger partial charge < -0.3 is 10.3 Å². The predicted molar refractivity (Wildman–Crippen MR) is 105 cm³/mol. The Labute approximate surface area is 170 Å². The monoisotopic (exact) mass is 425 g/mol. The molecule has 5 nitrogen and oxygen atoms in total. The number of aromatic amines is 1. The van der Waals surface area contributed by atoms with Crippen LogP contribution in [0.4, 0.5) is 13.2 Å². The van der Waals surface area contributed by atoms with Crippen LogP contribution in [0, 0.1) is 5.41 Å². The van der Waals surface area contributed by atoms with E-state index in [9.17, 15) is 22.8 Å². The van der Waals surface area contributed by atoms with Gasteiger partial charge in [-0.1, -0.05) is 32.9 Å². The quantitative estimate of drug-likeness (QED) is 0.677. The molecule has 0 radical (unpaired) electrons. The molecule has 1 aromatic heterocycles. The standard InChI is InChI=1S/C20H22F3N3O2S/c1-19(2,3)16(11-6-8-13(9-7-11)29-20(21,22)23)26-18(28)14-10-15(27)25-17(24-14)12-4-5-12/h6-10,12,16H,4-5H2,1-3H3,(H,26,28)(H,24,25,27). The first kappa shape index (κ1) is 21.4. The highest BCUT2D eigenvalue weighted by molar-refractivity contribution is 8.00. The summed E-state index contributed by atoms with van der Waals surface area (Å²) in [6.07, 6.45) is 1.86. The molecule has 0 saturated heterocycles. The van der Waals surface area contributed by atoms with Crippen molar-refractivity contribution in [1.82, 2.24) is 15.3 Å². The van der Waals surface area contributed by atoms with Crippen LogP contribution in [0.5, 0.6) is 0 Å². The number of nitrogens with zero attached hydrogens (tertiary/aromatic N) is 1. The first-order valence-electron chi connectivity index (χ1n) is 9.20. The molecule has 3 rings (SSSR count). The van der Waals surface area contributed by atoms with Gasteiger partial charge in [0.1, 0.15) is 11.5 Å². The van der Waals surface area contributed by atoms with Gasteiger partial charge in [0, 0.05) is 16.9 Å². The summed E-state index contributed by atoms with van der Waals surface area (Å²) in [4.78, 5) is 31.7. The molecule has 1 unspecified atom stereocenters. The molecule has 9 heteroatoms. The minimum atomic E-state index is -4.36. The molecule has 29 heavy (non-hydrogen) atoms. The van der Waals surface area contributed by atoms with E-state index in [0.29, 0.717) is 11.4 Å². The van der Waals surface area contributed by atoms with Crippen LogP contribution >= 0.6 is 11.8 Å². The molecule has 1 aliphatic carbocycles. The lowest BCUT2D eigenvalue weighted by Crippen LogP contribution is -2.37. The van der Waals surface area contributed by atoms with Gasteiger partial charge in [0.25, 0.3) is 11.5 Å². The van der Waals surface area contributed by atoms with Gasteiger partial charge in [-0.2, -0.15) is 13.2 Å². The molecule has 0 bridgehead atoms. The van der Waals surface area contributed by atoms with Crippen molar-refractivity contribution in [3.8, 4) is 0 Å². The normalized spacial score (nSPS) is 15.8. The highest BCUT2D eigenvalue weighted by Gasteiger charge is 2.32. The second kappa shape index (κ2) is 7.85. The van der Waals surface area contributed by atoms with E-state index in [1.807, 2.05) is 20.8 Å². The summed E-state index contributed by atoms with van der Waals surface area (Å²) in [5.41, 5.74) is -4.45. The van der Waals surface area contributed by atoms with Gasteiger partial charge in [0.2, 0.25) is 0 Å². The van der Waals surface area contributed by atoms with Crippen LogP contribution in [0.3, 0.4) is 0 Å². The summed E-state index contributed by atoms with van der Waals surface area (Å²) < 4.78 is 37.6. The molecule has 156 valence electrons. The number of nitrogens with one attached hydrogen (secondary N) is 2. The number of carbonyl (C=O) groups is 1. The van der Waals surface area contributed by atoms with Crippen molar-refractivity contribution >= 4 is 17.7 Å². The Morgan fingerprint density at radius 1 is 1.21 bits per heavy atom. The topological polar surface area (TPSA) is 74.8 Å². The van der Waals surface area contributed by atoms with E-state index in [4.69, 9.17) is 0 Å². The van der Waals surface area contributed by atoms with Gasteiger partial charge in [-0.3, -0.25) is 9.59 Å². The molecule has 1 aromatic carbocycles. The van der Waals surface area contributed by atoms with Crippen LogP contribution in [0.1, 0.15) is 67.4 Å². The molecule has 1 aliphatic rings. The Hall–Kier alpha value is -2.29. The maximum absolute atomic E-state index is 12.8. The molecule has 2 N–H and O–H groups in total. The van der Waals surface area contributed by atoms with Crippen LogP contribution in [-0.2, 0) is 0 Å². The Bertz CT molecular complexity index is 945. The van der Waals surface area contributed by atoms with E-state index in [1.54, 1.807) is 12.1 Å². The molecule has 1 atom stereocenters. The van der Waals surface area contributed by atoms with E-state index in [1.165, 1.54) is 12.1 Å². The van der Waals surface area contributed by atoms with Crippen molar-refractivity contribution < 1.29 is 18.0 Å². The number of benzene rings is 1. The largest absolute Gasteiger partial charge is 0.446 e. The van der Waals surface area contributed by atoms with Crippen molar-refractivity contribution in [3.05, 3.63) is 57.8 Å². The third-order valence-electron chi connectivity index (χ3n) is 4.55. The lowest BCUT2D eigenvalue weighted by molar-refractivity contribution is -0.0328. The summed E-state index contributed by atoms with van der Waals surface area (Å²) >= 11 is -0.184. The second-order valence-electron chi connectivity index (χ2n) is 8.18. The van der Waals surface area contributed by atoms with Crippen LogP contribution in [0.2, 0.25) is 0 Å². The Morgan fingerprint density at radius 3 is 2.34 bits per heavy atom. The summed E-state index contributed by atoms with van der Waals surface area (Å²) in [5, 5.41) is 2.89. The van der Waals surface area contributed by atoms with Gasteiger partial charge in [-0.25, -0.2) is 4.98 Å². The first-order chi connectivity index (χ1) is 13.4. The molecule has 1 heterocycles. The minimum Gasteiger partial charge on any atom is -0.343 e. The van der Waals surface area contributed by atoms with Crippen molar-refractivity contribution in [2.24, 2.45) is 5.41 Å². The van der Waals surface area contributed by atoms with E-state index >= 15 is 0 Å². The fourth-order valence-electron chi connectivity index (χ4n) is 3.01. The van der Waals surface area contributed by atoms with Crippen molar-refractivity contribution in [1.29, 1.82) is 0 Å². The van der Waals surface area contributed by atoms with Gasteiger partial charge in [0.05, 0.1) is 6.04 Å². The van der Waals surface area contributed by atoms with E-state index in [0.717, 1.165) is 18.9 Å². The van der Waals surface area contributed by atoms with Crippen LogP contribution in [0.15, 0.2) is 40.0 Å². The van der Waals surface area contributed by atoms with Gasteiger partial charge in [0.15, 0.2) is 0 Å². The number of amides is 1. The minimum absolute atomic E-state index is 0.0362. The average molecular weight is 425 g/mol. The number of halogens is 3.